The van der Waals surface area contributed by atoms with Crippen LogP contribution in [0.2, 0.25) is 0 Å². The number of rotatable bonds is 6. The predicted octanol–water partition coefficient (Wildman–Crippen LogP) is 3.01. The highest BCUT2D eigenvalue weighted by Crippen LogP contribution is 2.29. The van der Waals surface area contributed by atoms with Gasteiger partial charge in [0.15, 0.2) is 5.96 Å². The number of hydrogen-bond donors (Lipinski definition) is 2. The van der Waals surface area contributed by atoms with E-state index >= 15 is 0 Å². The minimum absolute atomic E-state index is 0. The largest absolute Gasteiger partial charge is 0.356 e. The minimum atomic E-state index is 0. The van der Waals surface area contributed by atoms with Gasteiger partial charge in [0.05, 0.1) is 0 Å². The molecular weight excluding hydrogens is 437 g/mol. The van der Waals surface area contributed by atoms with Crippen LogP contribution in [-0.4, -0.2) is 75.2 Å². The summed E-state index contributed by atoms with van der Waals surface area (Å²) >= 11 is 0. The summed E-state index contributed by atoms with van der Waals surface area (Å²) in [6.07, 6.45) is 7.76. The summed E-state index contributed by atoms with van der Waals surface area (Å²) in [7, 11) is 4.12. The van der Waals surface area contributed by atoms with E-state index in [0.717, 1.165) is 24.3 Å². The molecule has 1 heterocycles. The predicted molar refractivity (Wildman–Crippen MR) is 124 cm³/mol. The second-order valence-electron chi connectivity index (χ2n) is 8.35. The second-order valence-corrected chi connectivity index (χ2v) is 8.35. The first-order valence-electron chi connectivity index (χ1n) is 10.5. The Morgan fingerprint density at radius 1 is 1.08 bits per heavy atom. The summed E-state index contributed by atoms with van der Waals surface area (Å²) in [4.78, 5) is 9.47. The maximum absolute atomic E-state index is 4.42. The van der Waals surface area contributed by atoms with Crippen molar-refractivity contribution in [3.63, 3.8) is 0 Å². The Kier molecular flexibility index (Phi) is 12.1. The van der Waals surface area contributed by atoms with Gasteiger partial charge in [0.2, 0.25) is 0 Å². The molecule has 0 aromatic carbocycles. The van der Waals surface area contributed by atoms with Gasteiger partial charge in [0, 0.05) is 32.7 Å². The molecule has 0 bridgehead atoms. The summed E-state index contributed by atoms with van der Waals surface area (Å²) < 4.78 is 0. The maximum atomic E-state index is 4.42. The average Bonchev–Trinajstić information content (AvgIpc) is 2.82. The molecule has 1 aliphatic carbocycles. The number of hydrogen-bond acceptors (Lipinski definition) is 3. The van der Waals surface area contributed by atoms with Crippen LogP contribution < -0.4 is 10.6 Å². The van der Waals surface area contributed by atoms with E-state index in [9.17, 15) is 0 Å². The molecule has 0 atom stereocenters. The number of guanidine groups is 1. The van der Waals surface area contributed by atoms with Crippen LogP contribution in [0.4, 0.5) is 0 Å². The molecule has 26 heavy (non-hydrogen) atoms. The van der Waals surface area contributed by atoms with E-state index in [1.54, 1.807) is 0 Å². The SMILES string of the molecule is CN=C(NCCCN1CCCN(C)CC1)NC1CCC(C(C)C)CC1.I. The number of nitrogens with one attached hydrogen (secondary N) is 2. The fourth-order valence-corrected chi connectivity index (χ4v) is 4.15. The summed E-state index contributed by atoms with van der Waals surface area (Å²) in [6, 6.07) is 0.599. The Morgan fingerprint density at radius 3 is 2.46 bits per heavy atom. The highest BCUT2D eigenvalue weighted by molar-refractivity contribution is 14.0. The van der Waals surface area contributed by atoms with Crippen molar-refractivity contribution in [3.05, 3.63) is 0 Å². The van der Waals surface area contributed by atoms with Crippen LogP contribution in [0.25, 0.3) is 0 Å². The van der Waals surface area contributed by atoms with Gasteiger partial charge in [-0.25, -0.2) is 0 Å². The Hall–Kier alpha value is -0.0800. The first-order valence-corrected chi connectivity index (χ1v) is 10.5. The minimum Gasteiger partial charge on any atom is -0.356 e. The number of nitrogens with zero attached hydrogens (tertiary/aromatic N) is 3. The summed E-state index contributed by atoms with van der Waals surface area (Å²) in [5.41, 5.74) is 0. The van der Waals surface area contributed by atoms with Crippen molar-refractivity contribution in [2.75, 3.05) is 53.4 Å². The van der Waals surface area contributed by atoms with Crippen LogP contribution in [0.1, 0.15) is 52.4 Å². The average molecular weight is 479 g/mol. The topological polar surface area (TPSA) is 42.9 Å². The van der Waals surface area contributed by atoms with Crippen LogP contribution >= 0.6 is 24.0 Å². The number of likely N-dealkylation sites (N-methyl/N-ethyl adjacent to an activating group) is 1. The zero-order valence-corrected chi connectivity index (χ0v) is 19.8. The third-order valence-corrected chi connectivity index (χ3v) is 6.03. The van der Waals surface area contributed by atoms with E-state index in [-0.39, 0.29) is 24.0 Å². The lowest BCUT2D eigenvalue weighted by atomic mass is 9.80. The van der Waals surface area contributed by atoms with E-state index in [0.29, 0.717) is 6.04 Å². The lowest BCUT2D eigenvalue weighted by Crippen LogP contribution is -2.45. The van der Waals surface area contributed by atoms with Gasteiger partial charge in [-0.1, -0.05) is 13.8 Å². The third-order valence-electron chi connectivity index (χ3n) is 6.03. The smallest absolute Gasteiger partial charge is 0.191 e. The molecule has 0 spiro atoms. The molecular formula is C20H42IN5. The second kappa shape index (κ2) is 13.2. The fourth-order valence-electron chi connectivity index (χ4n) is 4.15. The Bertz CT molecular complexity index is 394. The molecule has 1 saturated heterocycles. The molecule has 5 nitrogen and oxygen atoms in total. The summed E-state index contributed by atoms with van der Waals surface area (Å²) in [5.74, 6) is 2.74. The quantitative estimate of drug-likeness (QED) is 0.266. The lowest BCUT2D eigenvalue weighted by Gasteiger charge is -2.32. The highest BCUT2D eigenvalue weighted by atomic mass is 127. The Labute approximate surface area is 178 Å². The Morgan fingerprint density at radius 2 is 1.81 bits per heavy atom. The molecule has 2 rings (SSSR count). The van der Waals surface area contributed by atoms with Gasteiger partial charge in [0.1, 0.15) is 0 Å². The van der Waals surface area contributed by atoms with Crippen molar-refractivity contribution in [2.45, 2.75) is 58.4 Å². The fraction of sp³-hybridized carbons (Fsp3) is 0.950. The van der Waals surface area contributed by atoms with Gasteiger partial charge in [0.25, 0.3) is 0 Å². The summed E-state index contributed by atoms with van der Waals surface area (Å²) in [5, 5.41) is 7.15. The molecule has 1 saturated carbocycles. The first-order chi connectivity index (χ1) is 12.1. The molecule has 2 fully saturated rings. The molecule has 0 aromatic heterocycles. The zero-order valence-electron chi connectivity index (χ0n) is 17.5. The van der Waals surface area contributed by atoms with E-state index in [4.69, 9.17) is 0 Å². The van der Waals surface area contributed by atoms with Crippen LogP contribution in [0.3, 0.4) is 0 Å². The van der Waals surface area contributed by atoms with Gasteiger partial charge >= 0.3 is 0 Å². The molecule has 6 heteroatoms. The van der Waals surface area contributed by atoms with Crippen molar-refractivity contribution in [3.8, 4) is 0 Å². The third kappa shape index (κ3) is 8.74. The number of aliphatic imine (C=N–C) groups is 1. The summed E-state index contributed by atoms with van der Waals surface area (Å²) in [6.45, 7) is 11.8. The van der Waals surface area contributed by atoms with Crippen LogP contribution in [0.15, 0.2) is 4.99 Å². The van der Waals surface area contributed by atoms with E-state index in [2.05, 4.69) is 46.3 Å². The van der Waals surface area contributed by atoms with Gasteiger partial charge in [-0.2, -0.15) is 0 Å². The molecule has 2 aliphatic rings. The molecule has 1 aliphatic heterocycles. The molecule has 154 valence electrons. The molecule has 0 amide bonds. The van der Waals surface area contributed by atoms with Crippen LogP contribution in [-0.2, 0) is 0 Å². The van der Waals surface area contributed by atoms with Gasteiger partial charge < -0.3 is 20.4 Å². The van der Waals surface area contributed by atoms with Crippen LogP contribution in [0, 0.1) is 11.8 Å². The van der Waals surface area contributed by atoms with Crippen LogP contribution in [0.5, 0.6) is 0 Å². The highest BCUT2D eigenvalue weighted by Gasteiger charge is 2.23. The lowest BCUT2D eigenvalue weighted by molar-refractivity contribution is 0.249. The molecule has 2 N–H and O–H groups in total. The van der Waals surface area contributed by atoms with Crippen molar-refractivity contribution < 1.29 is 0 Å². The molecule has 0 radical (unpaired) electrons. The van der Waals surface area contributed by atoms with Crippen molar-refractivity contribution >= 4 is 29.9 Å². The number of halogens is 1. The maximum Gasteiger partial charge on any atom is 0.191 e. The Balaban J connectivity index is 0.00000338. The molecule has 0 aromatic rings. The standard InChI is InChI=1S/C20H41N5.HI/c1-17(2)18-7-9-19(10-8-18)23-20(21-3)22-11-5-13-25-14-6-12-24(4)15-16-25;/h17-19H,5-16H2,1-4H3,(H2,21,22,23);1H. The van der Waals surface area contributed by atoms with E-state index in [1.165, 1.54) is 71.2 Å². The van der Waals surface area contributed by atoms with Gasteiger partial charge in [-0.3, -0.25) is 4.99 Å². The van der Waals surface area contributed by atoms with E-state index < -0.39 is 0 Å². The van der Waals surface area contributed by atoms with Crippen molar-refractivity contribution in [1.29, 1.82) is 0 Å². The zero-order chi connectivity index (χ0) is 18.1. The van der Waals surface area contributed by atoms with Crippen molar-refractivity contribution in [2.24, 2.45) is 16.8 Å². The van der Waals surface area contributed by atoms with Gasteiger partial charge in [-0.05, 0) is 77.0 Å². The first kappa shape index (κ1) is 24.0. The normalized spacial score (nSPS) is 26.3. The van der Waals surface area contributed by atoms with E-state index in [1.807, 2.05) is 7.05 Å². The van der Waals surface area contributed by atoms with Crippen molar-refractivity contribution in [1.82, 2.24) is 20.4 Å². The van der Waals surface area contributed by atoms with Gasteiger partial charge in [-0.15, -0.1) is 24.0 Å². The molecule has 0 unspecified atom stereocenters. The monoisotopic (exact) mass is 479 g/mol.